The summed E-state index contributed by atoms with van der Waals surface area (Å²) >= 11 is 0. The number of rotatable bonds is 6. The summed E-state index contributed by atoms with van der Waals surface area (Å²) < 4.78 is 0. The van der Waals surface area contributed by atoms with Crippen molar-refractivity contribution in [1.29, 1.82) is 0 Å². The van der Waals surface area contributed by atoms with E-state index in [9.17, 15) is 4.79 Å². The Kier molecular flexibility index (Phi) is 6.16. The van der Waals surface area contributed by atoms with Gasteiger partial charge in [0, 0.05) is 6.54 Å². The van der Waals surface area contributed by atoms with E-state index < -0.39 is 0 Å². The van der Waals surface area contributed by atoms with Gasteiger partial charge in [0.15, 0.2) is 0 Å². The molecular weight excluding hydrogens is 178 g/mol. The van der Waals surface area contributed by atoms with Crippen LogP contribution in [-0.2, 0) is 4.79 Å². The molecule has 0 radical (unpaired) electrons. The van der Waals surface area contributed by atoms with Crippen molar-refractivity contribution in [2.75, 3.05) is 34.7 Å². The lowest BCUT2D eigenvalue weighted by molar-refractivity contribution is -0.116. The highest BCUT2D eigenvalue weighted by Gasteiger charge is 2.12. The average molecular weight is 199 g/mol. The fourth-order valence-electron chi connectivity index (χ4n) is 1.37. The van der Waals surface area contributed by atoms with E-state index in [4.69, 9.17) is 0 Å². The normalized spacial score (nSPS) is 11.1. The quantitative estimate of drug-likeness (QED) is 0.488. The van der Waals surface area contributed by atoms with Crippen LogP contribution in [0.5, 0.6) is 0 Å². The molecule has 0 aromatic carbocycles. The first-order valence-corrected chi connectivity index (χ1v) is 4.72. The van der Waals surface area contributed by atoms with Gasteiger partial charge >= 0.3 is 0 Å². The lowest BCUT2D eigenvalue weighted by Crippen LogP contribution is -2.42. The molecule has 0 aromatic heterocycles. The molecule has 0 aliphatic rings. The highest BCUT2D eigenvalue weighted by molar-refractivity contribution is 5.86. The SMILES string of the molecule is C=CC(=O)NCCC(N(C)C)N(C)C. The summed E-state index contributed by atoms with van der Waals surface area (Å²) in [4.78, 5) is 15.1. The molecule has 0 aliphatic heterocycles. The van der Waals surface area contributed by atoms with Crippen molar-refractivity contribution in [1.82, 2.24) is 15.1 Å². The third kappa shape index (κ3) is 4.99. The van der Waals surface area contributed by atoms with Gasteiger partial charge in [-0.25, -0.2) is 0 Å². The van der Waals surface area contributed by atoms with E-state index in [1.807, 2.05) is 28.2 Å². The van der Waals surface area contributed by atoms with Gasteiger partial charge in [-0.3, -0.25) is 14.6 Å². The van der Waals surface area contributed by atoms with Gasteiger partial charge in [0.2, 0.25) is 5.91 Å². The number of carbonyl (C=O) groups is 1. The highest BCUT2D eigenvalue weighted by Crippen LogP contribution is 2.01. The Morgan fingerprint density at radius 1 is 1.36 bits per heavy atom. The maximum absolute atomic E-state index is 10.9. The maximum atomic E-state index is 10.9. The van der Waals surface area contributed by atoms with E-state index in [-0.39, 0.29) is 5.91 Å². The van der Waals surface area contributed by atoms with Gasteiger partial charge < -0.3 is 5.32 Å². The molecule has 0 fully saturated rings. The summed E-state index contributed by atoms with van der Waals surface area (Å²) in [5, 5.41) is 2.76. The second-order valence-electron chi connectivity index (χ2n) is 3.69. The monoisotopic (exact) mass is 199 g/mol. The molecule has 0 saturated carbocycles. The average Bonchev–Trinajstić information content (AvgIpc) is 2.10. The molecule has 0 heterocycles. The van der Waals surface area contributed by atoms with Crippen LogP contribution in [0.2, 0.25) is 0 Å². The van der Waals surface area contributed by atoms with Crippen molar-refractivity contribution in [3.63, 3.8) is 0 Å². The molecule has 14 heavy (non-hydrogen) atoms. The molecule has 4 heteroatoms. The van der Waals surface area contributed by atoms with Crippen LogP contribution < -0.4 is 5.32 Å². The van der Waals surface area contributed by atoms with Gasteiger partial charge in [-0.15, -0.1) is 0 Å². The van der Waals surface area contributed by atoms with E-state index in [0.29, 0.717) is 12.7 Å². The smallest absolute Gasteiger partial charge is 0.243 e. The van der Waals surface area contributed by atoms with Crippen molar-refractivity contribution in [2.45, 2.75) is 12.6 Å². The number of carbonyl (C=O) groups excluding carboxylic acids is 1. The molecule has 0 spiro atoms. The molecule has 82 valence electrons. The topological polar surface area (TPSA) is 35.6 Å². The first-order valence-electron chi connectivity index (χ1n) is 4.72. The van der Waals surface area contributed by atoms with E-state index in [1.54, 1.807) is 0 Å². The molecule has 0 bridgehead atoms. The largest absolute Gasteiger partial charge is 0.352 e. The fraction of sp³-hybridized carbons (Fsp3) is 0.700. The molecular formula is C10H21N3O. The molecule has 1 N–H and O–H groups in total. The Balaban J connectivity index is 3.83. The predicted molar refractivity (Wildman–Crippen MR) is 59.0 cm³/mol. The molecule has 0 rings (SSSR count). The number of hydrogen-bond acceptors (Lipinski definition) is 3. The van der Waals surface area contributed by atoms with Crippen molar-refractivity contribution in [3.8, 4) is 0 Å². The standard InChI is InChI=1S/C10H21N3O/c1-6-9(14)11-8-7-10(12(2)3)13(4)5/h6,10H,1,7-8H2,2-5H3,(H,11,14). The van der Waals surface area contributed by atoms with Gasteiger partial charge in [0.05, 0.1) is 6.17 Å². The Morgan fingerprint density at radius 2 is 1.86 bits per heavy atom. The van der Waals surface area contributed by atoms with Crippen molar-refractivity contribution >= 4 is 5.91 Å². The lowest BCUT2D eigenvalue weighted by atomic mass is 10.3. The number of nitrogens with zero attached hydrogens (tertiary/aromatic N) is 2. The number of nitrogens with one attached hydrogen (secondary N) is 1. The van der Waals surface area contributed by atoms with Crippen LogP contribution in [0.15, 0.2) is 12.7 Å². The molecule has 0 aromatic rings. The summed E-state index contributed by atoms with van der Waals surface area (Å²) in [5.41, 5.74) is 0. The van der Waals surface area contributed by atoms with Crippen LogP contribution in [0, 0.1) is 0 Å². The minimum Gasteiger partial charge on any atom is -0.352 e. The van der Waals surface area contributed by atoms with Crippen LogP contribution in [0.25, 0.3) is 0 Å². The summed E-state index contributed by atoms with van der Waals surface area (Å²) in [5.74, 6) is -0.110. The first kappa shape index (κ1) is 13.1. The van der Waals surface area contributed by atoms with E-state index in [1.165, 1.54) is 6.08 Å². The predicted octanol–water partition coefficient (Wildman–Crippen LogP) is 0.128. The Hall–Kier alpha value is -0.870. The van der Waals surface area contributed by atoms with Crippen molar-refractivity contribution in [3.05, 3.63) is 12.7 Å². The zero-order valence-electron chi connectivity index (χ0n) is 9.58. The van der Waals surface area contributed by atoms with Crippen LogP contribution in [-0.4, -0.2) is 56.6 Å². The van der Waals surface area contributed by atoms with E-state index >= 15 is 0 Å². The molecule has 1 amide bonds. The van der Waals surface area contributed by atoms with Crippen LogP contribution >= 0.6 is 0 Å². The van der Waals surface area contributed by atoms with E-state index in [2.05, 4.69) is 21.7 Å². The van der Waals surface area contributed by atoms with Gasteiger partial charge in [-0.2, -0.15) is 0 Å². The molecule has 0 aliphatic carbocycles. The summed E-state index contributed by atoms with van der Waals surface area (Å²) in [6.45, 7) is 4.07. The summed E-state index contributed by atoms with van der Waals surface area (Å²) in [7, 11) is 8.11. The molecule has 4 nitrogen and oxygen atoms in total. The second kappa shape index (κ2) is 6.56. The lowest BCUT2D eigenvalue weighted by Gasteiger charge is -2.30. The third-order valence-electron chi connectivity index (χ3n) is 2.08. The Bertz CT molecular complexity index is 182. The van der Waals surface area contributed by atoms with Crippen molar-refractivity contribution in [2.24, 2.45) is 0 Å². The zero-order chi connectivity index (χ0) is 11.1. The van der Waals surface area contributed by atoms with Gasteiger partial charge in [-0.05, 0) is 40.7 Å². The van der Waals surface area contributed by atoms with Crippen LogP contribution in [0.1, 0.15) is 6.42 Å². The first-order chi connectivity index (χ1) is 6.49. The van der Waals surface area contributed by atoms with Crippen molar-refractivity contribution < 1.29 is 4.79 Å². The number of hydrogen-bond donors (Lipinski definition) is 1. The zero-order valence-corrected chi connectivity index (χ0v) is 9.58. The van der Waals surface area contributed by atoms with Crippen LogP contribution in [0.3, 0.4) is 0 Å². The van der Waals surface area contributed by atoms with Gasteiger partial charge in [-0.1, -0.05) is 6.58 Å². The Labute approximate surface area is 86.6 Å². The van der Waals surface area contributed by atoms with Gasteiger partial charge in [0.1, 0.15) is 0 Å². The van der Waals surface area contributed by atoms with E-state index in [0.717, 1.165) is 6.42 Å². The highest BCUT2D eigenvalue weighted by atomic mass is 16.1. The molecule has 0 saturated heterocycles. The third-order valence-corrected chi connectivity index (χ3v) is 2.08. The number of amides is 1. The minimum absolute atomic E-state index is 0.110. The fourth-order valence-corrected chi connectivity index (χ4v) is 1.37. The van der Waals surface area contributed by atoms with Crippen LogP contribution in [0.4, 0.5) is 0 Å². The van der Waals surface area contributed by atoms with Gasteiger partial charge in [0.25, 0.3) is 0 Å². The maximum Gasteiger partial charge on any atom is 0.243 e. The Morgan fingerprint density at radius 3 is 2.21 bits per heavy atom. The minimum atomic E-state index is -0.110. The summed E-state index contributed by atoms with van der Waals surface area (Å²) in [6, 6.07) is 0. The molecule has 0 unspecified atom stereocenters. The summed E-state index contributed by atoms with van der Waals surface area (Å²) in [6.07, 6.45) is 2.54. The molecule has 0 atom stereocenters. The second-order valence-corrected chi connectivity index (χ2v) is 3.69.